The predicted octanol–water partition coefficient (Wildman–Crippen LogP) is 3.55. The van der Waals surface area contributed by atoms with Gasteiger partial charge in [0.15, 0.2) is 0 Å². The van der Waals surface area contributed by atoms with E-state index in [-0.39, 0.29) is 11.9 Å². The fourth-order valence-corrected chi connectivity index (χ4v) is 4.10. The molecule has 0 bridgehead atoms. The van der Waals surface area contributed by atoms with E-state index in [1.54, 1.807) is 47.5 Å². The first-order valence-electron chi connectivity index (χ1n) is 9.91. The van der Waals surface area contributed by atoms with Crippen molar-refractivity contribution in [3.05, 3.63) is 66.2 Å². The summed E-state index contributed by atoms with van der Waals surface area (Å²) in [6, 6.07) is 4.01. The summed E-state index contributed by atoms with van der Waals surface area (Å²) in [5.41, 5.74) is 2.88. The summed E-state index contributed by atoms with van der Waals surface area (Å²) < 4.78 is 3.77. The second kappa shape index (κ2) is 7.87. The highest BCUT2D eigenvalue weighted by atomic mass is 35.5. The number of hydrogen-bond acceptors (Lipinski definition) is 5. The number of carbonyl (C=O) groups excluding carboxylic acids is 1. The average Bonchev–Trinajstić information content (AvgIpc) is 3.42. The molecule has 8 nitrogen and oxygen atoms in total. The molecule has 1 N–H and O–H groups in total. The molecule has 152 valence electrons. The zero-order valence-corrected chi connectivity index (χ0v) is 16.9. The van der Waals surface area contributed by atoms with Crippen LogP contribution in [0.3, 0.4) is 0 Å². The fourth-order valence-electron chi connectivity index (χ4n) is 3.94. The molecule has 0 saturated heterocycles. The van der Waals surface area contributed by atoms with E-state index < -0.39 is 0 Å². The van der Waals surface area contributed by atoms with Crippen LogP contribution in [0.15, 0.2) is 55.5 Å². The van der Waals surface area contributed by atoms with Gasteiger partial charge < -0.3 is 9.72 Å². The Kier molecular flexibility index (Phi) is 4.92. The number of nitrogens with zero attached hydrogens (tertiary/aromatic N) is 6. The lowest BCUT2D eigenvalue weighted by atomic mass is 9.91. The first-order valence-corrected chi connectivity index (χ1v) is 10.3. The van der Waals surface area contributed by atoms with Crippen LogP contribution in [0.25, 0.3) is 16.9 Å². The van der Waals surface area contributed by atoms with Gasteiger partial charge in [-0.2, -0.15) is 5.10 Å². The average molecular weight is 422 g/mol. The number of aromatic nitrogens is 6. The van der Waals surface area contributed by atoms with Gasteiger partial charge in [0.05, 0.1) is 29.2 Å². The van der Waals surface area contributed by atoms with Crippen molar-refractivity contribution in [3.63, 3.8) is 0 Å². The topological polar surface area (TPSA) is 90.0 Å². The molecule has 4 aromatic heterocycles. The molecule has 9 heteroatoms. The molecule has 5 rings (SSSR count). The van der Waals surface area contributed by atoms with Crippen LogP contribution in [-0.2, 0) is 0 Å². The third-order valence-electron chi connectivity index (χ3n) is 5.51. The number of rotatable bonds is 4. The first kappa shape index (κ1) is 18.7. The Balaban J connectivity index is 1.20. The third kappa shape index (κ3) is 3.78. The van der Waals surface area contributed by atoms with Gasteiger partial charge in [0.2, 0.25) is 0 Å². The third-order valence-corrected chi connectivity index (χ3v) is 5.74. The van der Waals surface area contributed by atoms with E-state index in [9.17, 15) is 4.79 Å². The maximum Gasteiger partial charge on any atom is 0.271 e. The predicted molar refractivity (Wildman–Crippen MR) is 112 cm³/mol. The maximum atomic E-state index is 12.6. The molecule has 0 aromatic carbocycles. The Morgan fingerprint density at radius 1 is 1.07 bits per heavy atom. The van der Waals surface area contributed by atoms with Crippen LogP contribution in [0.4, 0.5) is 0 Å². The molecule has 4 aromatic rings. The Hall–Kier alpha value is -3.26. The molecule has 0 aliphatic heterocycles. The van der Waals surface area contributed by atoms with E-state index in [1.807, 2.05) is 17.1 Å². The number of halogens is 1. The van der Waals surface area contributed by atoms with Crippen LogP contribution in [0.5, 0.6) is 0 Å². The number of carbonyl (C=O) groups is 1. The van der Waals surface area contributed by atoms with Gasteiger partial charge in [0, 0.05) is 42.6 Å². The molecule has 1 amide bonds. The summed E-state index contributed by atoms with van der Waals surface area (Å²) in [7, 11) is 0. The largest absolute Gasteiger partial charge is 0.348 e. The van der Waals surface area contributed by atoms with Gasteiger partial charge in [-0.05, 0) is 37.8 Å². The molecule has 0 radical (unpaired) electrons. The van der Waals surface area contributed by atoms with Gasteiger partial charge >= 0.3 is 0 Å². The highest BCUT2D eigenvalue weighted by Gasteiger charge is 2.25. The Morgan fingerprint density at radius 2 is 1.93 bits per heavy atom. The molecule has 1 aliphatic rings. The van der Waals surface area contributed by atoms with E-state index in [2.05, 4.69) is 25.4 Å². The Morgan fingerprint density at radius 3 is 2.73 bits per heavy atom. The zero-order valence-electron chi connectivity index (χ0n) is 16.1. The maximum absolute atomic E-state index is 12.6. The Labute approximate surface area is 177 Å². The second-order valence-electron chi connectivity index (χ2n) is 7.52. The molecule has 0 unspecified atom stereocenters. The minimum absolute atomic E-state index is 0.136. The number of imidazole rings is 1. The Bertz CT molecular complexity index is 1180. The summed E-state index contributed by atoms with van der Waals surface area (Å²) in [5, 5.41) is 8.24. The van der Waals surface area contributed by atoms with Crippen molar-refractivity contribution in [2.24, 2.45) is 0 Å². The van der Waals surface area contributed by atoms with Crippen molar-refractivity contribution in [2.45, 2.75) is 37.8 Å². The molecular formula is C21H20ClN7O. The number of hydrogen-bond donors (Lipinski definition) is 1. The monoisotopic (exact) mass is 421 g/mol. The molecule has 1 fully saturated rings. The lowest BCUT2D eigenvalue weighted by Crippen LogP contribution is -2.38. The lowest BCUT2D eigenvalue weighted by molar-refractivity contribution is 0.0917. The smallest absolute Gasteiger partial charge is 0.271 e. The summed E-state index contributed by atoms with van der Waals surface area (Å²) >= 11 is 6.00. The van der Waals surface area contributed by atoms with Crippen molar-refractivity contribution in [3.8, 4) is 11.3 Å². The van der Waals surface area contributed by atoms with Crippen LogP contribution in [-0.4, -0.2) is 41.1 Å². The van der Waals surface area contributed by atoms with Crippen molar-refractivity contribution < 1.29 is 4.79 Å². The normalized spacial score (nSPS) is 19.1. The molecular weight excluding hydrogens is 402 g/mol. The molecule has 0 atom stereocenters. The van der Waals surface area contributed by atoms with E-state index in [0.717, 1.165) is 36.9 Å². The quantitative estimate of drug-likeness (QED) is 0.544. The fraction of sp³-hybridized carbons (Fsp3) is 0.286. The lowest BCUT2D eigenvalue weighted by Gasteiger charge is -2.29. The van der Waals surface area contributed by atoms with Gasteiger partial charge in [-0.25, -0.2) is 4.98 Å². The van der Waals surface area contributed by atoms with Crippen LogP contribution >= 0.6 is 11.6 Å². The van der Waals surface area contributed by atoms with Gasteiger partial charge in [-0.1, -0.05) is 11.6 Å². The van der Waals surface area contributed by atoms with Crippen LogP contribution in [0, 0.1) is 0 Å². The van der Waals surface area contributed by atoms with Crippen molar-refractivity contribution in [2.75, 3.05) is 0 Å². The molecule has 1 aliphatic carbocycles. The van der Waals surface area contributed by atoms with Crippen LogP contribution in [0.1, 0.15) is 42.2 Å². The van der Waals surface area contributed by atoms with E-state index in [4.69, 9.17) is 11.6 Å². The minimum Gasteiger partial charge on any atom is -0.348 e. The van der Waals surface area contributed by atoms with Crippen molar-refractivity contribution in [1.29, 1.82) is 0 Å². The number of nitrogens with one attached hydrogen (secondary N) is 1. The summed E-state index contributed by atoms with van der Waals surface area (Å²) in [5.74, 6) is -0.151. The highest BCUT2D eigenvalue weighted by Crippen LogP contribution is 2.29. The van der Waals surface area contributed by atoms with Gasteiger partial charge in [-0.15, -0.1) is 0 Å². The van der Waals surface area contributed by atoms with Crippen LogP contribution < -0.4 is 5.32 Å². The molecule has 4 heterocycles. The highest BCUT2D eigenvalue weighted by molar-refractivity contribution is 6.30. The molecule has 30 heavy (non-hydrogen) atoms. The summed E-state index contributed by atoms with van der Waals surface area (Å²) in [6.07, 6.45) is 16.1. The number of amides is 1. The molecule has 0 spiro atoms. The van der Waals surface area contributed by atoms with Gasteiger partial charge in [0.25, 0.3) is 5.91 Å². The minimum atomic E-state index is -0.151. The standard InChI is InChI=1S/C21H20ClN7O/c22-15-1-6-20-27-19(13-28(20)12-15)21(30)26-16-2-4-17(5-3-16)29-11-14(9-25-29)18-10-23-7-8-24-18/h1,6-13,16-17H,2-5H2,(H,26,30). The van der Waals surface area contributed by atoms with Gasteiger partial charge in [-0.3, -0.25) is 19.4 Å². The van der Waals surface area contributed by atoms with Crippen molar-refractivity contribution >= 4 is 23.2 Å². The van der Waals surface area contributed by atoms with Crippen molar-refractivity contribution in [1.82, 2.24) is 34.4 Å². The number of pyridine rings is 1. The van der Waals surface area contributed by atoms with E-state index in [1.165, 1.54) is 0 Å². The van der Waals surface area contributed by atoms with Crippen LogP contribution in [0.2, 0.25) is 5.02 Å². The SMILES string of the molecule is O=C(NC1CCC(n2cc(-c3cnccn3)cn2)CC1)c1cn2cc(Cl)ccc2n1. The van der Waals surface area contributed by atoms with E-state index >= 15 is 0 Å². The summed E-state index contributed by atoms with van der Waals surface area (Å²) in [6.45, 7) is 0. The molecule has 1 saturated carbocycles. The van der Waals surface area contributed by atoms with Gasteiger partial charge in [0.1, 0.15) is 11.3 Å². The second-order valence-corrected chi connectivity index (χ2v) is 7.95. The zero-order chi connectivity index (χ0) is 20.5. The first-order chi connectivity index (χ1) is 14.7. The summed E-state index contributed by atoms with van der Waals surface area (Å²) in [4.78, 5) is 25.4. The number of fused-ring (bicyclic) bond motifs is 1. The van der Waals surface area contributed by atoms with E-state index in [0.29, 0.717) is 22.4 Å².